The second-order valence-corrected chi connectivity index (χ2v) is 6.15. The summed E-state index contributed by atoms with van der Waals surface area (Å²) in [5.41, 5.74) is 1.93. The molecule has 4 nitrogen and oxygen atoms in total. The Morgan fingerprint density at radius 2 is 2.20 bits per heavy atom. The van der Waals surface area contributed by atoms with E-state index in [1.165, 1.54) is 4.88 Å². The normalized spacial score (nSPS) is 11.2. The van der Waals surface area contributed by atoms with Crippen molar-refractivity contribution in [3.8, 4) is 10.7 Å². The van der Waals surface area contributed by atoms with Crippen LogP contribution in [0.25, 0.3) is 10.7 Å². The van der Waals surface area contributed by atoms with E-state index in [0.717, 1.165) is 29.5 Å². The molecule has 2 rings (SSSR count). The number of hydrogen-bond donors (Lipinski definition) is 1. The van der Waals surface area contributed by atoms with E-state index >= 15 is 0 Å². The van der Waals surface area contributed by atoms with Gasteiger partial charge in [0.2, 0.25) is 0 Å². The van der Waals surface area contributed by atoms with Crippen molar-refractivity contribution in [2.24, 2.45) is 5.92 Å². The molecule has 0 aliphatic carbocycles. The second kappa shape index (κ2) is 7.47. The SMILES string of the molecule is COCc1nc(-c2ccccn2)sc1CNCC(C)C. The third-order valence-electron chi connectivity index (χ3n) is 2.78. The van der Waals surface area contributed by atoms with E-state index in [9.17, 15) is 0 Å². The fourth-order valence-corrected chi connectivity index (χ4v) is 2.86. The minimum Gasteiger partial charge on any atom is -0.378 e. The van der Waals surface area contributed by atoms with E-state index < -0.39 is 0 Å². The van der Waals surface area contributed by atoms with Crippen molar-refractivity contribution in [2.75, 3.05) is 13.7 Å². The minimum absolute atomic E-state index is 0.544. The molecule has 0 saturated carbocycles. The average Bonchev–Trinajstić information content (AvgIpc) is 2.83. The zero-order valence-corrected chi connectivity index (χ0v) is 13.0. The van der Waals surface area contributed by atoms with E-state index in [2.05, 4.69) is 29.1 Å². The van der Waals surface area contributed by atoms with Gasteiger partial charge < -0.3 is 10.1 Å². The molecule has 0 aromatic carbocycles. The summed E-state index contributed by atoms with van der Waals surface area (Å²) in [6, 6.07) is 5.88. The summed E-state index contributed by atoms with van der Waals surface area (Å²) >= 11 is 1.69. The van der Waals surface area contributed by atoms with Crippen LogP contribution in [0.15, 0.2) is 24.4 Å². The molecule has 0 aliphatic heterocycles. The molecule has 20 heavy (non-hydrogen) atoms. The zero-order chi connectivity index (χ0) is 14.4. The van der Waals surface area contributed by atoms with Gasteiger partial charge in [0, 0.05) is 24.7 Å². The lowest BCUT2D eigenvalue weighted by molar-refractivity contribution is 0.181. The van der Waals surface area contributed by atoms with Crippen molar-refractivity contribution in [1.82, 2.24) is 15.3 Å². The summed E-state index contributed by atoms with van der Waals surface area (Å²) in [6.45, 7) is 6.79. The molecule has 0 radical (unpaired) electrons. The molecule has 0 saturated heterocycles. The highest BCUT2D eigenvalue weighted by Crippen LogP contribution is 2.27. The third-order valence-corrected chi connectivity index (χ3v) is 3.90. The largest absolute Gasteiger partial charge is 0.378 e. The second-order valence-electron chi connectivity index (χ2n) is 5.06. The van der Waals surface area contributed by atoms with Gasteiger partial charge in [-0.3, -0.25) is 4.98 Å². The van der Waals surface area contributed by atoms with Crippen LogP contribution in [0.4, 0.5) is 0 Å². The van der Waals surface area contributed by atoms with Gasteiger partial charge in [-0.05, 0) is 24.6 Å². The van der Waals surface area contributed by atoms with Crippen LogP contribution in [0.3, 0.4) is 0 Å². The molecule has 0 bridgehead atoms. The smallest absolute Gasteiger partial charge is 0.142 e. The first kappa shape index (κ1) is 15.1. The Hall–Kier alpha value is -1.30. The molecular weight excluding hydrogens is 270 g/mol. The minimum atomic E-state index is 0.544. The lowest BCUT2D eigenvalue weighted by Crippen LogP contribution is -2.19. The van der Waals surface area contributed by atoms with Crippen molar-refractivity contribution in [2.45, 2.75) is 27.0 Å². The van der Waals surface area contributed by atoms with Gasteiger partial charge >= 0.3 is 0 Å². The van der Waals surface area contributed by atoms with Gasteiger partial charge in [-0.15, -0.1) is 11.3 Å². The number of thiazole rings is 1. The Morgan fingerprint density at radius 1 is 1.35 bits per heavy atom. The number of hydrogen-bond acceptors (Lipinski definition) is 5. The number of aromatic nitrogens is 2. The van der Waals surface area contributed by atoms with Gasteiger partial charge in [-0.1, -0.05) is 19.9 Å². The van der Waals surface area contributed by atoms with Crippen molar-refractivity contribution in [3.05, 3.63) is 35.0 Å². The van der Waals surface area contributed by atoms with E-state index in [-0.39, 0.29) is 0 Å². The maximum atomic E-state index is 5.24. The third kappa shape index (κ3) is 4.10. The van der Waals surface area contributed by atoms with Gasteiger partial charge in [0.15, 0.2) is 0 Å². The molecule has 0 atom stereocenters. The summed E-state index contributed by atoms with van der Waals surface area (Å²) in [7, 11) is 1.70. The molecule has 5 heteroatoms. The monoisotopic (exact) mass is 291 g/mol. The van der Waals surface area contributed by atoms with Crippen LogP contribution in [-0.4, -0.2) is 23.6 Å². The van der Waals surface area contributed by atoms with Crippen LogP contribution in [-0.2, 0) is 17.9 Å². The molecule has 0 fully saturated rings. The number of ether oxygens (including phenoxy) is 1. The highest BCUT2D eigenvalue weighted by Gasteiger charge is 2.13. The number of nitrogens with zero attached hydrogens (tertiary/aromatic N) is 2. The lowest BCUT2D eigenvalue weighted by atomic mass is 10.2. The summed E-state index contributed by atoms with van der Waals surface area (Å²) in [6.07, 6.45) is 1.80. The van der Waals surface area contributed by atoms with Crippen LogP contribution >= 0.6 is 11.3 Å². The average molecular weight is 291 g/mol. The number of rotatable bonds is 7. The van der Waals surface area contributed by atoms with Crippen LogP contribution in [0.1, 0.15) is 24.4 Å². The molecule has 108 valence electrons. The molecule has 0 aliphatic rings. The Morgan fingerprint density at radius 3 is 2.85 bits per heavy atom. The molecule has 0 amide bonds. The van der Waals surface area contributed by atoms with Crippen LogP contribution in [0.5, 0.6) is 0 Å². The van der Waals surface area contributed by atoms with Crippen LogP contribution in [0, 0.1) is 5.92 Å². The number of nitrogens with one attached hydrogen (secondary N) is 1. The Kier molecular flexibility index (Phi) is 5.64. The van der Waals surface area contributed by atoms with Gasteiger partial charge in [0.1, 0.15) is 5.01 Å². The van der Waals surface area contributed by atoms with E-state index in [4.69, 9.17) is 4.74 Å². The lowest BCUT2D eigenvalue weighted by Gasteiger charge is -2.06. The van der Waals surface area contributed by atoms with Crippen molar-refractivity contribution >= 4 is 11.3 Å². The molecule has 2 aromatic rings. The maximum Gasteiger partial charge on any atom is 0.142 e. The van der Waals surface area contributed by atoms with Gasteiger partial charge in [0.25, 0.3) is 0 Å². The molecule has 0 spiro atoms. The van der Waals surface area contributed by atoms with Crippen molar-refractivity contribution in [3.63, 3.8) is 0 Å². The first-order valence-corrected chi connectivity index (χ1v) is 7.62. The van der Waals surface area contributed by atoms with Crippen LogP contribution < -0.4 is 5.32 Å². The topological polar surface area (TPSA) is 47.0 Å². The summed E-state index contributed by atoms with van der Waals surface area (Å²) < 4.78 is 5.24. The van der Waals surface area contributed by atoms with Crippen LogP contribution in [0.2, 0.25) is 0 Å². The highest BCUT2D eigenvalue weighted by atomic mass is 32.1. The Balaban J connectivity index is 2.15. The fourth-order valence-electron chi connectivity index (χ4n) is 1.84. The zero-order valence-electron chi connectivity index (χ0n) is 12.2. The number of pyridine rings is 1. The first-order chi connectivity index (χ1) is 9.70. The summed E-state index contributed by atoms with van der Waals surface area (Å²) in [5, 5.41) is 4.42. The molecule has 1 N–H and O–H groups in total. The van der Waals surface area contributed by atoms with Gasteiger partial charge in [0.05, 0.1) is 18.0 Å². The predicted octanol–water partition coefficient (Wildman–Crippen LogP) is 3.10. The van der Waals surface area contributed by atoms with E-state index in [1.54, 1.807) is 24.6 Å². The summed E-state index contributed by atoms with van der Waals surface area (Å²) in [5.74, 6) is 0.643. The van der Waals surface area contributed by atoms with E-state index in [1.807, 2.05) is 18.2 Å². The van der Waals surface area contributed by atoms with Gasteiger partial charge in [-0.2, -0.15) is 0 Å². The Bertz CT molecular complexity index is 525. The first-order valence-electron chi connectivity index (χ1n) is 6.80. The standard InChI is InChI=1S/C15H21N3OS/c1-11(2)8-16-9-14-13(10-19-3)18-15(20-14)12-6-4-5-7-17-12/h4-7,11,16H,8-10H2,1-3H3. The molecule has 2 heterocycles. The quantitative estimate of drug-likeness (QED) is 0.851. The van der Waals surface area contributed by atoms with Crippen molar-refractivity contribution in [1.29, 1.82) is 0 Å². The fraction of sp³-hybridized carbons (Fsp3) is 0.467. The molecule has 2 aromatic heterocycles. The van der Waals surface area contributed by atoms with E-state index in [0.29, 0.717) is 12.5 Å². The number of methoxy groups -OCH3 is 1. The maximum absolute atomic E-state index is 5.24. The highest BCUT2D eigenvalue weighted by molar-refractivity contribution is 7.15. The molecular formula is C15H21N3OS. The molecule has 0 unspecified atom stereocenters. The predicted molar refractivity (Wildman–Crippen MR) is 82.6 cm³/mol. The van der Waals surface area contributed by atoms with Crippen molar-refractivity contribution < 1.29 is 4.74 Å². The summed E-state index contributed by atoms with van der Waals surface area (Å²) in [4.78, 5) is 10.2. The van der Waals surface area contributed by atoms with Gasteiger partial charge in [-0.25, -0.2) is 4.98 Å². The Labute approximate surface area is 124 Å².